The summed E-state index contributed by atoms with van der Waals surface area (Å²) in [7, 11) is 0. The maximum atomic E-state index is 5.85. The average molecular weight is 242 g/mol. The molecule has 0 aliphatic carbocycles. The number of hydrogen-bond acceptors (Lipinski definition) is 2. The Hall–Kier alpha value is -0.730. The molecule has 0 aromatic heterocycles. The summed E-state index contributed by atoms with van der Waals surface area (Å²) in [6.07, 6.45) is 1.47. The molecule has 1 fully saturated rings. The van der Waals surface area contributed by atoms with Crippen molar-refractivity contribution in [2.45, 2.75) is 32.3 Å². The summed E-state index contributed by atoms with van der Waals surface area (Å²) in [6.45, 7) is 6.47. The second-order valence-corrected chi connectivity index (χ2v) is 4.46. The smallest absolute Gasteiger partial charge is 0.119 e. The zero-order valence-electron chi connectivity index (χ0n) is 9.90. The number of hydrogen-bond donors (Lipinski definition) is 1. The van der Waals surface area contributed by atoms with Gasteiger partial charge in [0.05, 0.1) is 0 Å². The molecule has 0 bridgehead atoms. The Labute approximate surface area is 104 Å². The van der Waals surface area contributed by atoms with Crippen molar-refractivity contribution in [2.75, 3.05) is 13.1 Å². The summed E-state index contributed by atoms with van der Waals surface area (Å²) >= 11 is 0. The third-order valence-electron chi connectivity index (χ3n) is 2.86. The van der Waals surface area contributed by atoms with Crippen LogP contribution in [0.3, 0.4) is 0 Å². The van der Waals surface area contributed by atoms with Gasteiger partial charge >= 0.3 is 0 Å². The van der Waals surface area contributed by atoms with E-state index >= 15 is 0 Å². The van der Waals surface area contributed by atoms with Gasteiger partial charge in [0.1, 0.15) is 11.9 Å². The van der Waals surface area contributed by atoms with Gasteiger partial charge in [-0.25, -0.2) is 0 Å². The van der Waals surface area contributed by atoms with Gasteiger partial charge in [0.2, 0.25) is 0 Å². The molecule has 1 heterocycles. The predicted molar refractivity (Wildman–Crippen MR) is 69.7 cm³/mol. The number of halogens is 1. The highest BCUT2D eigenvalue weighted by Crippen LogP contribution is 2.20. The van der Waals surface area contributed by atoms with Crippen molar-refractivity contribution < 1.29 is 4.74 Å². The Morgan fingerprint density at radius 1 is 1.25 bits per heavy atom. The summed E-state index contributed by atoms with van der Waals surface area (Å²) in [4.78, 5) is 0. The molecule has 0 spiro atoms. The molecule has 2 rings (SSSR count). The lowest BCUT2D eigenvalue weighted by atomic mass is 10.0. The monoisotopic (exact) mass is 241 g/mol. The van der Waals surface area contributed by atoms with Crippen LogP contribution < -0.4 is 10.1 Å². The fraction of sp³-hybridized carbons (Fsp3) is 0.538. The Balaban J connectivity index is 0.00000128. The summed E-state index contributed by atoms with van der Waals surface area (Å²) < 4.78 is 5.85. The Morgan fingerprint density at radius 2 is 1.94 bits per heavy atom. The van der Waals surface area contributed by atoms with Gasteiger partial charge in [-0.3, -0.25) is 0 Å². The molecule has 1 saturated heterocycles. The van der Waals surface area contributed by atoms with Crippen molar-refractivity contribution in [3.63, 3.8) is 0 Å². The third kappa shape index (κ3) is 3.39. The first-order valence-corrected chi connectivity index (χ1v) is 5.73. The van der Waals surface area contributed by atoms with Crippen LogP contribution in [0.4, 0.5) is 0 Å². The second kappa shape index (κ2) is 6.12. The molecule has 0 amide bonds. The fourth-order valence-electron chi connectivity index (χ4n) is 1.85. The largest absolute Gasteiger partial charge is 0.489 e. The maximum absolute atomic E-state index is 5.85. The molecular weight excluding hydrogens is 222 g/mol. The van der Waals surface area contributed by atoms with Gasteiger partial charge in [-0.15, -0.1) is 12.4 Å². The molecule has 0 radical (unpaired) electrons. The van der Waals surface area contributed by atoms with Crippen molar-refractivity contribution in [2.24, 2.45) is 0 Å². The molecule has 1 N–H and O–H groups in total. The van der Waals surface area contributed by atoms with Crippen LogP contribution in [0.25, 0.3) is 0 Å². The summed E-state index contributed by atoms with van der Waals surface area (Å²) in [5.41, 5.74) is 1.37. The van der Waals surface area contributed by atoms with E-state index in [0.717, 1.165) is 25.3 Å². The fourth-order valence-corrected chi connectivity index (χ4v) is 1.85. The zero-order chi connectivity index (χ0) is 10.7. The van der Waals surface area contributed by atoms with E-state index in [9.17, 15) is 0 Å². The molecule has 1 aliphatic heterocycles. The Morgan fingerprint density at radius 3 is 2.44 bits per heavy atom. The van der Waals surface area contributed by atoms with E-state index in [1.165, 1.54) is 5.56 Å². The Kier molecular flexibility index (Phi) is 5.10. The third-order valence-corrected chi connectivity index (χ3v) is 2.86. The Bertz CT molecular complexity index is 304. The van der Waals surface area contributed by atoms with E-state index in [2.05, 4.69) is 43.4 Å². The topological polar surface area (TPSA) is 21.3 Å². The molecule has 3 heteroatoms. The first-order valence-electron chi connectivity index (χ1n) is 5.73. The van der Waals surface area contributed by atoms with Crippen molar-refractivity contribution in [1.82, 2.24) is 5.32 Å². The van der Waals surface area contributed by atoms with E-state index in [-0.39, 0.29) is 12.4 Å². The van der Waals surface area contributed by atoms with E-state index in [4.69, 9.17) is 4.74 Å². The van der Waals surface area contributed by atoms with Crippen molar-refractivity contribution >= 4 is 12.4 Å². The first-order chi connectivity index (χ1) is 7.25. The van der Waals surface area contributed by atoms with Crippen LogP contribution in [0.1, 0.15) is 31.7 Å². The number of benzene rings is 1. The van der Waals surface area contributed by atoms with Gasteiger partial charge in [-0.2, -0.15) is 0 Å². The molecule has 16 heavy (non-hydrogen) atoms. The van der Waals surface area contributed by atoms with Gasteiger partial charge in [-0.1, -0.05) is 26.0 Å². The second-order valence-electron chi connectivity index (χ2n) is 4.46. The van der Waals surface area contributed by atoms with Crippen LogP contribution in [0.5, 0.6) is 5.75 Å². The SMILES string of the molecule is CC(C)c1ccc(OC2CCNC2)cc1.Cl. The molecule has 0 saturated carbocycles. The number of ether oxygens (including phenoxy) is 1. The van der Waals surface area contributed by atoms with Gasteiger partial charge in [-0.05, 0) is 36.6 Å². The van der Waals surface area contributed by atoms with Crippen LogP contribution in [-0.4, -0.2) is 19.2 Å². The van der Waals surface area contributed by atoms with Gasteiger partial charge in [0.15, 0.2) is 0 Å². The van der Waals surface area contributed by atoms with Crippen molar-refractivity contribution in [3.05, 3.63) is 29.8 Å². The van der Waals surface area contributed by atoms with Gasteiger partial charge in [0, 0.05) is 6.54 Å². The predicted octanol–water partition coefficient (Wildman–Crippen LogP) is 2.97. The highest BCUT2D eigenvalue weighted by Gasteiger charge is 2.15. The molecular formula is C13H20ClNO. The minimum atomic E-state index is 0. The van der Waals surface area contributed by atoms with Gasteiger partial charge < -0.3 is 10.1 Å². The standard InChI is InChI=1S/C13H19NO.ClH/c1-10(2)11-3-5-12(6-4-11)15-13-7-8-14-9-13;/h3-6,10,13-14H,7-9H2,1-2H3;1H. The molecule has 2 nitrogen and oxygen atoms in total. The number of nitrogens with one attached hydrogen (secondary N) is 1. The molecule has 1 unspecified atom stereocenters. The lowest BCUT2D eigenvalue weighted by molar-refractivity contribution is 0.223. The molecule has 1 aromatic rings. The average Bonchev–Trinajstić information content (AvgIpc) is 2.71. The summed E-state index contributed by atoms with van der Waals surface area (Å²) in [6, 6.07) is 8.46. The summed E-state index contributed by atoms with van der Waals surface area (Å²) in [5.74, 6) is 1.58. The number of rotatable bonds is 3. The lowest BCUT2D eigenvalue weighted by Crippen LogP contribution is -2.19. The van der Waals surface area contributed by atoms with E-state index in [1.54, 1.807) is 0 Å². The van der Waals surface area contributed by atoms with Crippen LogP contribution in [0.15, 0.2) is 24.3 Å². The molecule has 1 aliphatic rings. The minimum Gasteiger partial charge on any atom is -0.489 e. The quantitative estimate of drug-likeness (QED) is 0.879. The molecule has 90 valence electrons. The normalized spacial score (nSPS) is 19.6. The van der Waals surface area contributed by atoms with Gasteiger partial charge in [0.25, 0.3) is 0 Å². The summed E-state index contributed by atoms with van der Waals surface area (Å²) in [5, 5.41) is 3.30. The zero-order valence-corrected chi connectivity index (χ0v) is 10.7. The lowest BCUT2D eigenvalue weighted by Gasteiger charge is -2.13. The van der Waals surface area contributed by atoms with Crippen LogP contribution in [-0.2, 0) is 0 Å². The van der Waals surface area contributed by atoms with E-state index < -0.39 is 0 Å². The maximum Gasteiger partial charge on any atom is 0.119 e. The van der Waals surface area contributed by atoms with Crippen LogP contribution >= 0.6 is 12.4 Å². The minimum absolute atomic E-state index is 0. The van der Waals surface area contributed by atoms with E-state index in [1.807, 2.05) is 0 Å². The highest BCUT2D eigenvalue weighted by atomic mass is 35.5. The van der Waals surface area contributed by atoms with Crippen molar-refractivity contribution in [3.8, 4) is 5.75 Å². The molecule has 1 aromatic carbocycles. The highest BCUT2D eigenvalue weighted by molar-refractivity contribution is 5.85. The molecule has 1 atom stereocenters. The van der Waals surface area contributed by atoms with Crippen LogP contribution in [0.2, 0.25) is 0 Å². The van der Waals surface area contributed by atoms with Crippen molar-refractivity contribution in [1.29, 1.82) is 0 Å². The van der Waals surface area contributed by atoms with E-state index in [0.29, 0.717) is 12.0 Å². The first kappa shape index (κ1) is 13.3. The van der Waals surface area contributed by atoms with Crippen LogP contribution in [0, 0.1) is 0 Å².